The van der Waals surface area contributed by atoms with Crippen LogP contribution in [0.2, 0.25) is 0 Å². The van der Waals surface area contributed by atoms with Gasteiger partial charge in [0.1, 0.15) is 0 Å². The predicted molar refractivity (Wildman–Crippen MR) is 51.8 cm³/mol. The van der Waals surface area contributed by atoms with E-state index in [0.717, 1.165) is 0 Å². The Labute approximate surface area is 84.7 Å². The number of carboxylic acids is 1. The summed E-state index contributed by atoms with van der Waals surface area (Å²) in [7, 11) is 0. The standard InChI is InChI=1S/C8H13N3O4/c12-6(13)4-2-1-3-5-11-8(15)9-7(14)10-11/h1-5H2,(H,12,13)(H2,9,10,14,15). The predicted octanol–water partition coefficient (Wildman–Crippen LogP) is -0.490. The molecule has 84 valence electrons. The van der Waals surface area contributed by atoms with Gasteiger partial charge in [0, 0.05) is 13.0 Å². The highest BCUT2D eigenvalue weighted by atomic mass is 16.4. The molecule has 0 aromatic carbocycles. The van der Waals surface area contributed by atoms with E-state index < -0.39 is 17.3 Å². The molecule has 0 aliphatic carbocycles. The van der Waals surface area contributed by atoms with Crippen LogP contribution >= 0.6 is 0 Å². The minimum Gasteiger partial charge on any atom is -0.481 e. The molecule has 1 heterocycles. The lowest BCUT2D eigenvalue weighted by molar-refractivity contribution is -0.137. The fourth-order valence-electron chi connectivity index (χ4n) is 1.25. The highest BCUT2D eigenvalue weighted by molar-refractivity contribution is 5.66. The number of aryl methyl sites for hydroxylation is 1. The van der Waals surface area contributed by atoms with E-state index in [4.69, 9.17) is 5.11 Å². The second-order valence-electron chi connectivity index (χ2n) is 3.23. The van der Waals surface area contributed by atoms with Crippen molar-refractivity contribution in [2.75, 3.05) is 0 Å². The van der Waals surface area contributed by atoms with Gasteiger partial charge in [0.25, 0.3) is 0 Å². The quantitative estimate of drug-likeness (QED) is 0.556. The lowest BCUT2D eigenvalue weighted by Crippen LogP contribution is -2.18. The van der Waals surface area contributed by atoms with Crippen LogP contribution < -0.4 is 11.4 Å². The molecule has 7 nitrogen and oxygen atoms in total. The van der Waals surface area contributed by atoms with Crippen molar-refractivity contribution in [1.29, 1.82) is 0 Å². The first-order valence-electron chi connectivity index (χ1n) is 4.70. The average Bonchev–Trinajstić information content (AvgIpc) is 2.44. The SMILES string of the molecule is O=C(O)CCCCCn1[nH]c(=O)[nH]c1=O. The molecule has 0 atom stereocenters. The van der Waals surface area contributed by atoms with Gasteiger partial charge < -0.3 is 5.11 Å². The molecule has 0 bridgehead atoms. The zero-order valence-corrected chi connectivity index (χ0v) is 8.15. The van der Waals surface area contributed by atoms with Gasteiger partial charge in [-0.3, -0.25) is 9.78 Å². The van der Waals surface area contributed by atoms with Crippen molar-refractivity contribution in [3.63, 3.8) is 0 Å². The van der Waals surface area contributed by atoms with Gasteiger partial charge >= 0.3 is 17.3 Å². The summed E-state index contributed by atoms with van der Waals surface area (Å²) < 4.78 is 1.18. The highest BCUT2D eigenvalue weighted by Crippen LogP contribution is 2.00. The average molecular weight is 215 g/mol. The number of nitrogens with zero attached hydrogens (tertiary/aromatic N) is 1. The van der Waals surface area contributed by atoms with Gasteiger partial charge in [-0.15, -0.1) is 0 Å². The Balaban J connectivity index is 2.26. The van der Waals surface area contributed by atoms with E-state index in [2.05, 4.69) is 10.1 Å². The molecule has 0 fully saturated rings. The molecular weight excluding hydrogens is 202 g/mol. The Kier molecular flexibility index (Phi) is 3.90. The van der Waals surface area contributed by atoms with Gasteiger partial charge in [0.2, 0.25) is 0 Å². The Bertz CT molecular complexity index is 428. The number of aliphatic carboxylic acids is 1. The maximum Gasteiger partial charge on any atom is 0.344 e. The third kappa shape index (κ3) is 3.84. The van der Waals surface area contributed by atoms with Crippen molar-refractivity contribution in [3.05, 3.63) is 21.0 Å². The second kappa shape index (κ2) is 5.18. The van der Waals surface area contributed by atoms with Gasteiger partial charge in [-0.25, -0.2) is 19.4 Å². The van der Waals surface area contributed by atoms with Crippen LogP contribution in [0.1, 0.15) is 25.7 Å². The minimum absolute atomic E-state index is 0.137. The maximum absolute atomic E-state index is 11.0. The molecule has 1 rings (SSSR count). The molecule has 0 unspecified atom stereocenters. The first kappa shape index (κ1) is 11.3. The third-order valence-corrected chi connectivity index (χ3v) is 1.97. The number of hydrogen-bond donors (Lipinski definition) is 3. The van der Waals surface area contributed by atoms with Crippen molar-refractivity contribution < 1.29 is 9.90 Å². The normalized spacial score (nSPS) is 10.4. The minimum atomic E-state index is -0.817. The van der Waals surface area contributed by atoms with Gasteiger partial charge in [-0.1, -0.05) is 6.42 Å². The number of hydrogen-bond acceptors (Lipinski definition) is 3. The maximum atomic E-state index is 11.0. The number of carboxylic acid groups (broad SMARTS) is 1. The summed E-state index contributed by atoms with van der Waals surface area (Å²) in [5, 5.41) is 10.7. The fraction of sp³-hybridized carbons (Fsp3) is 0.625. The van der Waals surface area contributed by atoms with Gasteiger partial charge in [-0.2, -0.15) is 0 Å². The highest BCUT2D eigenvalue weighted by Gasteiger charge is 2.00. The van der Waals surface area contributed by atoms with Gasteiger partial charge in [0.15, 0.2) is 0 Å². The Morgan fingerprint density at radius 2 is 2.00 bits per heavy atom. The Morgan fingerprint density at radius 3 is 2.53 bits per heavy atom. The van der Waals surface area contributed by atoms with Crippen LogP contribution in [0.3, 0.4) is 0 Å². The first-order valence-corrected chi connectivity index (χ1v) is 4.70. The van der Waals surface area contributed by atoms with Crippen molar-refractivity contribution in [2.24, 2.45) is 0 Å². The number of aromatic nitrogens is 3. The molecule has 0 aliphatic heterocycles. The summed E-state index contributed by atoms with van der Waals surface area (Å²) in [6.07, 6.45) is 2.10. The fourth-order valence-corrected chi connectivity index (χ4v) is 1.25. The molecular formula is C8H13N3O4. The lowest BCUT2D eigenvalue weighted by Gasteiger charge is -1.99. The van der Waals surface area contributed by atoms with E-state index in [1.165, 1.54) is 4.68 Å². The van der Waals surface area contributed by atoms with E-state index >= 15 is 0 Å². The molecule has 0 saturated heterocycles. The summed E-state index contributed by atoms with van der Waals surface area (Å²) in [6, 6.07) is 0. The molecule has 3 N–H and O–H groups in total. The second-order valence-corrected chi connectivity index (χ2v) is 3.23. The summed E-state index contributed by atoms with van der Waals surface area (Å²) in [6.45, 7) is 0.400. The zero-order chi connectivity index (χ0) is 11.3. The van der Waals surface area contributed by atoms with E-state index in [1.807, 2.05) is 0 Å². The number of unbranched alkanes of at least 4 members (excludes halogenated alkanes) is 2. The Hall–Kier alpha value is -1.79. The van der Waals surface area contributed by atoms with E-state index in [-0.39, 0.29) is 6.42 Å². The lowest BCUT2D eigenvalue weighted by atomic mass is 10.2. The number of aromatic amines is 2. The van der Waals surface area contributed by atoms with E-state index in [1.54, 1.807) is 0 Å². The summed E-state index contributed by atoms with van der Waals surface area (Å²) in [5.74, 6) is -0.817. The molecule has 0 aliphatic rings. The zero-order valence-electron chi connectivity index (χ0n) is 8.15. The summed E-state index contributed by atoms with van der Waals surface area (Å²) >= 11 is 0. The first-order chi connectivity index (χ1) is 7.09. The van der Waals surface area contributed by atoms with E-state index in [0.29, 0.717) is 25.8 Å². The molecule has 1 aromatic rings. The van der Waals surface area contributed by atoms with Crippen molar-refractivity contribution in [2.45, 2.75) is 32.2 Å². The summed E-state index contributed by atoms with van der Waals surface area (Å²) in [4.78, 5) is 33.9. The molecule has 1 aromatic heterocycles. The number of rotatable bonds is 6. The number of H-pyrrole nitrogens is 2. The van der Waals surface area contributed by atoms with Crippen LogP contribution in [0.4, 0.5) is 0 Å². The van der Waals surface area contributed by atoms with Crippen molar-refractivity contribution in [1.82, 2.24) is 14.8 Å². The summed E-state index contributed by atoms with van der Waals surface area (Å²) in [5.41, 5.74) is -0.983. The van der Waals surface area contributed by atoms with Crippen molar-refractivity contribution in [3.8, 4) is 0 Å². The molecule has 0 spiro atoms. The number of nitrogens with one attached hydrogen (secondary N) is 2. The third-order valence-electron chi connectivity index (χ3n) is 1.97. The smallest absolute Gasteiger partial charge is 0.344 e. The van der Waals surface area contributed by atoms with Gasteiger partial charge in [-0.05, 0) is 12.8 Å². The molecule has 7 heteroatoms. The van der Waals surface area contributed by atoms with Crippen LogP contribution in [-0.4, -0.2) is 25.8 Å². The van der Waals surface area contributed by atoms with Crippen LogP contribution in [0.25, 0.3) is 0 Å². The van der Waals surface area contributed by atoms with Crippen LogP contribution in [-0.2, 0) is 11.3 Å². The molecule has 0 amide bonds. The molecule has 0 saturated carbocycles. The molecule has 0 radical (unpaired) electrons. The van der Waals surface area contributed by atoms with Crippen molar-refractivity contribution >= 4 is 5.97 Å². The Morgan fingerprint density at radius 1 is 1.27 bits per heavy atom. The van der Waals surface area contributed by atoms with E-state index in [9.17, 15) is 14.4 Å². The monoisotopic (exact) mass is 215 g/mol. The van der Waals surface area contributed by atoms with Crippen LogP contribution in [0.15, 0.2) is 9.59 Å². The van der Waals surface area contributed by atoms with Crippen LogP contribution in [0, 0.1) is 0 Å². The topological polar surface area (TPSA) is 108 Å². The number of carbonyl (C=O) groups is 1. The van der Waals surface area contributed by atoms with Crippen LogP contribution in [0.5, 0.6) is 0 Å². The molecule has 15 heavy (non-hydrogen) atoms. The van der Waals surface area contributed by atoms with Gasteiger partial charge in [0.05, 0.1) is 0 Å². The largest absolute Gasteiger partial charge is 0.481 e.